The molecule has 2 aromatic rings. The van der Waals surface area contributed by atoms with Crippen molar-refractivity contribution in [2.75, 3.05) is 18.9 Å². The van der Waals surface area contributed by atoms with Gasteiger partial charge in [0.15, 0.2) is 5.13 Å². The van der Waals surface area contributed by atoms with Crippen LogP contribution < -0.4 is 10.6 Å². The van der Waals surface area contributed by atoms with Crippen molar-refractivity contribution >= 4 is 34.8 Å². The van der Waals surface area contributed by atoms with Crippen LogP contribution in [0.25, 0.3) is 0 Å². The Morgan fingerprint density at radius 1 is 1.27 bits per heavy atom. The lowest BCUT2D eigenvalue weighted by molar-refractivity contribution is -0.116. The Balaban J connectivity index is 0.00000242. The number of rotatable bonds is 6. The van der Waals surface area contributed by atoms with E-state index in [4.69, 9.17) is 0 Å². The van der Waals surface area contributed by atoms with Crippen LogP contribution >= 0.6 is 23.7 Å². The number of carbonyl (C=O) groups excluding carboxylic acids is 1. The van der Waals surface area contributed by atoms with Crippen molar-refractivity contribution in [1.82, 2.24) is 10.3 Å². The lowest BCUT2D eigenvalue weighted by Gasteiger charge is -2.03. The van der Waals surface area contributed by atoms with Crippen LogP contribution in [-0.4, -0.2) is 24.5 Å². The monoisotopic (exact) mass is 339 g/mol. The van der Waals surface area contributed by atoms with E-state index >= 15 is 0 Å². The van der Waals surface area contributed by atoms with Gasteiger partial charge in [-0.15, -0.1) is 23.7 Å². The van der Waals surface area contributed by atoms with Gasteiger partial charge < -0.3 is 10.6 Å². The summed E-state index contributed by atoms with van der Waals surface area (Å²) >= 11 is 1.54. The number of amides is 1. The highest BCUT2D eigenvalue weighted by Gasteiger charge is 2.07. The fourth-order valence-electron chi connectivity index (χ4n) is 1.98. The van der Waals surface area contributed by atoms with E-state index in [9.17, 15) is 4.79 Å². The number of hydrogen-bond acceptors (Lipinski definition) is 4. The molecule has 120 valence electrons. The van der Waals surface area contributed by atoms with Crippen LogP contribution in [0.4, 0.5) is 5.13 Å². The van der Waals surface area contributed by atoms with Gasteiger partial charge in [0.1, 0.15) is 0 Å². The molecule has 4 nitrogen and oxygen atoms in total. The van der Waals surface area contributed by atoms with Crippen molar-refractivity contribution in [2.24, 2.45) is 0 Å². The third-order valence-electron chi connectivity index (χ3n) is 3.35. The zero-order valence-corrected chi connectivity index (χ0v) is 14.7. The third kappa shape index (κ3) is 5.40. The Labute approximate surface area is 141 Å². The fourth-order valence-corrected chi connectivity index (χ4v) is 2.84. The number of hydrogen-bond donors (Lipinski definition) is 2. The van der Waals surface area contributed by atoms with E-state index in [-0.39, 0.29) is 18.3 Å². The molecule has 0 saturated carbocycles. The first kappa shape index (κ1) is 18.6. The molecule has 2 rings (SSSR count). The SMILES string of the molecule is CNCCC(=O)Nc1ncc(Cc2ccc(C)c(C)c2)s1.Cl. The molecule has 0 aliphatic carbocycles. The van der Waals surface area contributed by atoms with Gasteiger partial charge >= 0.3 is 0 Å². The highest BCUT2D eigenvalue weighted by molar-refractivity contribution is 7.15. The molecule has 0 radical (unpaired) electrons. The zero-order valence-electron chi connectivity index (χ0n) is 13.1. The summed E-state index contributed by atoms with van der Waals surface area (Å²) in [6.07, 6.45) is 3.15. The second-order valence-electron chi connectivity index (χ2n) is 5.13. The molecule has 1 amide bonds. The highest BCUT2D eigenvalue weighted by Crippen LogP contribution is 2.22. The minimum absolute atomic E-state index is 0. The van der Waals surface area contributed by atoms with Crippen molar-refractivity contribution in [1.29, 1.82) is 0 Å². The molecular weight excluding hydrogens is 318 g/mol. The summed E-state index contributed by atoms with van der Waals surface area (Å²) in [5.41, 5.74) is 3.88. The van der Waals surface area contributed by atoms with E-state index in [1.54, 1.807) is 0 Å². The number of aromatic nitrogens is 1. The Hall–Kier alpha value is -1.43. The molecule has 0 fully saturated rings. The Morgan fingerprint density at radius 3 is 2.73 bits per heavy atom. The molecular formula is C16H22ClN3OS. The van der Waals surface area contributed by atoms with Gasteiger partial charge in [0.25, 0.3) is 0 Å². The highest BCUT2D eigenvalue weighted by atomic mass is 35.5. The summed E-state index contributed by atoms with van der Waals surface area (Å²) in [5, 5.41) is 6.46. The largest absolute Gasteiger partial charge is 0.319 e. The standard InChI is InChI=1S/C16H21N3OS.ClH/c1-11-4-5-13(8-12(11)2)9-14-10-18-16(21-14)19-15(20)6-7-17-3;/h4-5,8,10,17H,6-7,9H2,1-3H3,(H,18,19,20);1H. The topological polar surface area (TPSA) is 54.0 Å². The Morgan fingerprint density at radius 2 is 2.05 bits per heavy atom. The number of benzene rings is 1. The zero-order chi connectivity index (χ0) is 15.2. The lowest BCUT2D eigenvalue weighted by atomic mass is 10.0. The summed E-state index contributed by atoms with van der Waals surface area (Å²) in [6, 6.07) is 6.50. The summed E-state index contributed by atoms with van der Waals surface area (Å²) in [4.78, 5) is 17.1. The first-order valence-electron chi connectivity index (χ1n) is 7.04. The molecule has 1 aromatic heterocycles. The summed E-state index contributed by atoms with van der Waals surface area (Å²) < 4.78 is 0. The summed E-state index contributed by atoms with van der Waals surface area (Å²) in [5.74, 6) is -0.00331. The van der Waals surface area contributed by atoms with Crippen molar-refractivity contribution in [3.8, 4) is 0 Å². The number of halogens is 1. The van der Waals surface area contributed by atoms with Crippen LogP contribution in [0.3, 0.4) is 0 Å². The van der Waals surface area contributed by atoms with Gasteiger partial charge in [0.2, 0.25) is 5.91 Å². The van der Waals surface area contributed by atoms with Gasteiger partial charge in [0, 0.05) is 30.5 Å². The average molecular weight is 340 g/mol. The first-order valence-corrected chi connectivity index (χ1v) is 7.85. The molecule has 2 N–H and O–H groups in total. The van der Waals surface area contributed by atoms with Crippen LogP contribution in [0.15, 0.2) is 24.4 Å². The predicted molar refractivity (Wildman–Crippen MR) is 95.3 cm³/mol. The Kier molecular flexibility index (Phi) is 7.51. The van der Waals surface area contributed by atoms with E-state index in [1.165, 1.54) is 28.0 Å². The van der Waals surface area contributed by atoms with Crippen molar-refractivity contribution < 1.29 is 4.79 Å². The molecule has 0 saturated heterocycles. The van der Waals surface area contributed by atoms with Crippen molar-refractivity contribution in [3.63, 3.8) is 0 Å². The van der Waals surface area contributed by atoms with Gasteiger partial charge in [-0.05, 0) is 37.6 Å². The van der Waals surface area contributed by atoms with Crippen LogP contribution in [0, 0.1) is 13.8 Å². The smallest absolute Gasteiger partial charge is 0.227 e. The maximum absolute atomic E-state index is 11.6. The molecule has 22 heavy (non-hydrogen) atoms. The van der Waals surface area contributed by atoms with Crippen LogP contribution in [0.2, 0.25) is 0 Å². The minimum Gasteiger partial charge on any atom is -0.319 e. The fraction of sp³-hybridized carbons (Fsp3) is 0.375. The Bertz CT molecular complexity index is 628. The van der Waals surface area contributed by atoms with Gasteiger partial charge in [-0.25, -0.2) is 4.98 Å². The molecule has 0 bridgehead atoms. The van der Waals surface area contributed by atoms with E-state index in [0.717, 1.165) is 11.3 Å². The first-order chi connectivity index (χ1) is 10.1. The molecule has 0 unspecified atom stereocenters. The number of nitrogens with one attached hydrogen (secondary N) is 2. The van der Waals surface area contributed by atoms with Gasteiger partial charge in [-0.1, -0.05) is 18.2 Å². The van der Waals surface area contributed by atoms with Crippen LogP contribution in [0.1, 0.15) is 28.0 Å². The number of anilines is 1. The quantitative estimate of drug-likeness (QED) is 0.848. The number of nitrogens with zero attached hydrogens (tertiary/aromatic N) is 1. The average Bonchev–Trinajstić information content (AvgIpc) is 2.88. The minimum atomic E-state index is -0.00331. The number of carbonyl (C=O) groups is 1. The number of thiazole rings is 1. The molecule has 0 aliphatic heterocycles. The van der Waals surface area contributed by atoms with E-state index < -0.39 is 0 Å². The molecule has 0 spiro atoms. The van der Waals surface area contributed by atoms with Crippen LogP contribution in [0.5, 0.6) is 0 Å². The summed E-state index contributed by atoms with van der Waals surface area (Å²) in [7, 11) is 1.83. The summed E-state index contributed by atoms with van der Waals surface area (Å²) in [6.45, 7) is 4.91. The van der Waals surface area contributed by atoms with Gasteiger partial charge in [0.05, 0.1) is 0 Å². The van der Waals surface area contributed by atoms with Gasteiger partial charge in [-0.2, -0.15) is 0 Å². The molecule has 1 aromatic carbocycles. The lowest BCUT2D eigenvalue weighted by Crippen LogP contribution is -2.18. The van der Waals surface area contributed by atoms with Crippen molar-refractivity contribution in [2.45, 2.75) is 26.7 Å². The number of aryl methyl sites for hydroxylation is 2. The van der Waals surface area contributed by atoms with E-state index in [2.05, 4.69) is 47.7 Å². The van der Waals surface area contributed by atoms with E-state index in [1.807, 2.05) is 13.2 Å². The normalized spacial score (nSPS) is 10.1. The second-order valence-corrected chi connectivity index (χ2v) is 6.24. The maximum atomic E-state index is 11.6. The molecule has 0 atom stereocenters. The molecule has 6 heteroatoms. The van der Waals surface area contributed by atoms with Crippen molar-refractivity contribution in [3.05, 3.63) is 46.0 Å². The third-order valence-corrected chi connectivity index (χ3v) is 4.26. The van der Waals surface area contributed by atoms with Gasteiger partial charge in [-0.3, -0.25) is 4.79 Å². The van der Waals surface area contributed by atoms with Crippen LogP contribution in [-0.2, 0) is 11.2 Å². The predicted octanol–water partition coefficient (Wildman–Crippen LogP) is 3.32. The van der Waals surface area contributed by atoms with E-state index in [0.29, 0.717) is 18.1 Å². The second kappa shape index (κ2) is 8.88. The molecule has 1 heterocycles. The maximum Gasteiger partial charge on any atom is 0.227 e. The molecule has 0 aliphatic rings.